The van der Waals surface area contributed by atoms with Crippen molar-refractivity contribution in [1.29, 1.82) is 0 Å². The number of pyridine rings is 1. The first-order valence-corrected chi connectivity index (χ1v) is 10.0. The van der Waals surface area contributed by atoms with E-state index in [9.17, 15) is 14.0 Å². The van der Waals surface area contributed by atoms with Gasteiger partial charge in [-0.1, -0.05) is 12.1 Å². The fraction of sp³-hybridized carbons (Fsp3) is 0.409. The number of hydrogen-bond donors (Lipinski definition) is 1. The Morgan fingerprint density at radius 3 is 2.59 bits per heavy atom. The minimum Gasteiger partial charge on any atom is -0.488 e. The van der Waals surface area contributed by atoms with Gasteiger partial charge in [-0.25, -0.2) is 4.39 Å². The lowest BCUT2D eigenvalue weighted by atomic mass is 9.97. The van der Waals surface area contributed by atoms with Gasteiger partial charge in [0.2, 0.25) is 0 Å². The number of aromatic nitrogens is 1. The molecule has 0 spiro atoms. The summed E-state index contributed by atoms with van der Waals surface area (Å²) < 4.78 is 18.9. The molecule has 2 aliphatic rings. The third-order valence-electron chi connectivity index (χ3n) is 5.69. The lowest BCUT2D eigenvalue weighted by Gasteiger charge is -2.19. The lowest BCUT2D eigenvalue weighted by Crippen LogP contribution is -2.45. The number of amides is 2. The van der Waals surface area contributed by atoms with E-state index >= 15 is 0 Å². The minimum absolute atomic E-state index is 0.0343. The maximum absolute atomic E-state index is 13.1. The highest BCUT2D eigenvalue weighted by atomic mass is 19.1. The van der Waals surface area contributed by atoms with Crippen LogP contribution in [0.25, 0.3) is 0 Å². The van der Waals surface area contributed by atoms with Crippen LogP contribution in [0, 0.1) is 5.82 Å². The molecule has 0 bridgehead atoms. The second kappa shape index (κ2) is 8.59. The zero-order valence-electron chi connectivity index (χ0n) is 16.1. The normalized spacial score (nSPS) is 23.8. The van der Waals surface area contributed by atoms with Crippen molar-refractivity contribution in [2.24, 2.45) is 0 Å². The quantitative estimate of drug-likeness (QED) is 0.806. The second-order valence-electron chi connectivity index (χ2n) is 7.69. The van der Waals surface area contributed by atoms with Gasteiger partial charge < -0.3 is 15.0 Å². The highest BCUT2D eigenvalue weighted by molar-refractivity contribution is 6.35. The van der Waals surface area contributed by atoms with Gasteiger partial charge in [-0.3, -0.25) is 14.6 Å². The van der Waals surface area contributed by atoms with Crippen LogP contribution in [0.3, 0.4) is 0 Å². The molecule has 0 radical (unpaired) electrons. The summed E-state index contributed by atoms with van der Waals surface area (Å²) in [6.45, 7) is 0.905. The monoisotopic (exact) mass is 397 g/mol. The zero-order chi connectivity index (χ0) is 20.2. The van der Waals surface area contributed by atoms with E-state index in [2.05, 4.69) is 10.3 Å². The predicted octanol–water partition coefficient (Wildman–Crippen LogP) is 2.65. The van der Waals surface area contributed by atoms with E-state index in [1.165, 1.54) is 12.1 Å². The van der Waals surface area contributed by atoms with E-state index in [1.807, 2.05) is 0 Å². The third kappa shape index (κ3) is 4.72. The number of nitrogens with one attached hydrogen (secondary N) is 1. The Morgan fingerprint density at radius 2 is 1.83 bits per heavy atom. The number of ether oxygens (including phenoxy) is 1. The number of benzene rings is 1. The van der Waals surface area contributed by atoms with E-state index in [-0.39, 0.29) is 23.9 Å². The van der Waals surface area contributed by atoms with Crippen LogP contribution in [0.4, 0.5) is 4.39 Å². The Balaban J connectivity index is 1.26. The Labute approximate surface area is 169 Å². The van der Waals surface area contributed by atoms with Crippen LogP contribution >= 0.6 is 0 Å². The minimum atomic E-state index is -0.556. The smallest absolute Gasteiger partial charge is 0.312 e. The molecule has 2 heterocycles. The van der Waals surface area contributed by atoms with Crippen molar-refractivity contribution in [3.05, 3.63) is 60.2 Å². The number of carbonyl (C=O) groups excluding carboxylic acids is 2. The van der Waals surface area contributed by atoms with E-state index in [0.717, 1.165) is 24.8 Å². The molecule has 29 heavy (non-hydrogen) atoms. The van der Waals surface area contributed by atoms with Crippen LogP contribution in [0.15, 0.2) is 48.8 Å². The Bertz CT molecular complexity index is 859. The van der Waals surface area contributed by atoms with Crippen molar-refractivity contribution in [2.75, 3.05) is 13.1 Å². The van der Waals surface area contributed by atoms with Crippen LogP contribution < -0.4 is 10.1 Å². The van der Waals surface area contributed by atoms with Crippen LogP contribution in [0.2, 0.25) is 0 Å². The molecule has 6 nitrogen and oxygen atoms in total. The first kappa shape index (κ1) is 19.4. The Hall–Kier alpha value is -2.96. The summed E-state index contributed by atoms with van der Waals surface area (Å²) in [7, 11) is 0. The first-order valence-electron chi connectivity index (χ1n) is 10.0. The number of carbonyl (C=O) groups is 2. The largest absolute Gasteiger partial charge is 0.488 e. The molecule has 7 heteroatoms. The predicted molar refractivity (Wildman–Crippen MR) is 105 cm³/mol. The van der Waals surface area contributed by atoms with Crippen LogP contribution in [-0.2, 0) is 9.59 Å². The number of nitrogens with zero attached hydrogens (tertiary/aromatic N) is 2. The molecule has 2 aromatic rings. The summed E-state index contributed by atoms with van der Waals surface area (Å²) in [6, 6.07) is 10.0. The van der Waals surface area contributed by atoms with Gasteiger partial charge >= 0.3 is 11.8 Å². The van der Waals surface area contributed by atoms with Crippen LogP contribution in [0.5, 0.6) is 5.75 Å². The molecule has 2 amide bonds. The Kier molecular flexibility index (Phi) is 5.74. The van der Waals surface area contributed by atoms with Crippen molar-refractivity contribution in [3.63, 3.8) is 0 Å². The van der Waals surface area contributed by atoms with Crippen molar-refractivity contribution < 1.29 is 18.7 Å². The maximum atomic E-state index is 13.1. The summed E-state index contributed by atoms with van der Waals surface area (Å²) in [5.41, 5.74) is 1.07. The number of likely N-dealkylation sites (tertiary alicyclic amines) is 1. The molecule has 3 unspecified atom stereocenters. The average Bonchev–Trinajstić information content (AvgIpc) is 3.38. The van der Waals surface area contributed by atoms with Crippen LogP contribution in [-0.4, -0.2) is 46.9 Å². The summed E-state index contributed by atoms with van der Waals surface area (Å²) in [5, 5.41) is 2.88. The number of halogens is 1. The van der Waals surface area contributed by atoms with E-state index in [1.54, 1.807) is 41.6 Å². The second-order valence-corrected chi connectivity index (χ2v) is 7.69. The lowest BCUT2D eigenvalue weighted by molar-refractivity contribution is -0.145. The topological polar surface area (TPSA) is 71.5 Å². The first-order chi connectivity index (χ1) is 14.1. The van der Waals surface area contributed by atoms with E-state index in [4.69, 9.17) is 4.74 Å². The average molecular weight is 397 g/mol. The molecule has 1 saturated carbocycles. The molecule has 1 N–H and O–H groups in total. The van der Waals surface area contributed by atoms with Crippen molar-refractivity contribution in [1.82, 2.24) is 15.2 Å². The molecule has 4 rings (SSSR count). The summed E-state index contributed by atoms with van der Waals surface area (Å²) in [6.07, 6.45) is 6.37. The summed E-state index contributed by atoms with van der Waals surface area (Å²) in [4.78, 5) is 30.5. The third-order valence-corrected chi connectivity index (χ3v) is 5.69. The molecule has 152 valence electrons. The van der Waals surface area contributed by atoms with Gasteiger partial charge in [-0.05, 0) is 55.0 Å². The van der Waals surface area contributed by atoms with Gasteiger partial charge in [0.1, 0.15) is 17.7 Å². The fourth-order valence-electron chi connectivity index (χ4n) is 4.16. The molecule has 1 saturated heterocycles. The van der Waals surface area contributed by atoms with Gasteiger partial charge in [0, 0.05) is 31.4 Å². The Morgan fingerprint density at radius 1 is 1.07 bits per heavy atom. The summed E-state index contributed by atoms with van der Waals surface area (Å²) >= 11 is 0. The summed E-state index contributed by atoms with van der Waals surface area (Å²) in [5.74, 6) is -0.322. The molecular formula is C22H24FN3O3. The molecular weight excluding hydrogens is 373 g/mol. The SMILES string of the molecule is O=C(NC1CCC(c2ccc(F)cc2)C1)C(=O)N1CCC(Oc2ccncc2)C1. The molecule has 1 aliphatic carbocycles. The number of rotatable bonds is 4. The molecule has 2 fully saturated rings. The van der Waals surface area contributed by atoms with E-state index < -0.39 is 11.8 Å². The zero-order valence-corrected chi connectivity index (χ0v) is 16.1. The van der Waals surface area contributed by atoms with Gasteiger partial charge in [0.25, 0.3) is 0 Å². The standard InChI is InChI=1S/C22H24FN3O3/c23-17-4-1-15(2-5-17)16-3-6-18(13-16)25-21(27)22(28)26-12-9-20(14-26)29-19-7-10-24-11-8-19/h1-2,4-5,7-8,10-11,16,18,20H,3,6,9,12-14H2,(H,25,27). The van der Waals surface area contributed by atoms with Crippen molar-refractivity contribution >= 4 is 11.8 Å². The molecule has 1 aliphatic heterocycles. The van der Waals surface area contributed by atoms with Gasteiger partial charge in [-0.2, -0.15) is 0 Å². The van der Waals surface area contributed by atoms with Gasteiger partial charge in [0.15, 0.2) is 0 Å². The molecule has 3 atom stereocenters. The molecule has 1 aromatic carbocycles. The fourth-order valence-corrected chi connectivity index (χ4v) is 4.16. The van der Waals surface area contributed by atoms with Crippen LogP contribution in [0.1, 0.15) is 37.2 Å². The highest BCUT2D eigenvalue weighted by Gasteiger charge is 2.34. The van der Waals surface area contributed by atoms with E-state index in [0.29, 0.717) is 25.3 Å². The highest BCUT2D eigenvalue weighted by Crippen LogP contribution is 2.34. The van der Waals surface area contributed by atoms with Crippen molar-refractivity contribution in [2.45, 2.75) is 43.7 Å². The number of hydrogen-bond acceptors (Lipinski definition) is 4. The maximum Gasteiger partial charge on any atom is 0.312 e. The van der Waals surface area contributed by atoms with Gasteiger partial charge in [0.05, 0.1) is 6.54 Å². The molecule has 1 aromatic heterocycles. The van der Waals surface area contributed by atoms with Crippen molar-refractivity contribution in [3.8, 4) is 5.75 Å². The van der Waals surface area contributed by atoms with Gasteiger partial charge in [-0.15, -0.1) is 0 Å².